The van der Waals surface area contributed by atoms with Crippen molar-refractivity contribution < 1.29 is 4.79 Å². The zero-order valence-electron chi connectivity index (χ0n) is 16.0. The molecule has 0 spiro atoms. The van der Waals surface area contributed by atoms with Crippen LogP contribution in [0.5, 0.6) is 0 Å². The van der Waals surface area contributed by atoms with Crippen LogP contribution >= 0.6 is 23.1 Å². The lowest BCUT2D eigenvalue weighted by Crippen LogP contribution is -2.15. The molecule has 1 aliphatic carbocycles. The van der Waals surface area contributed by atoms with Crippen molar-refractivity contribution >= 4 is 39.8 Å². The maximum absolute atomic E-state index is 12.4. The second-order valence-corrected chi connectivity index (χ2v) is 9.12. The monoisotopic (exact) mass is 414 g/mol. The molecule has 0 radical (unpaired) electrons. The van der Waals surface area contributed by atoms with E-state index in [1.165, 1.54) is 41.5 Å². The number of nitrogens with zero attached hydrogens (tertiary/aromatic N) is 4. The first-order chi connectivity index (χ1) is 13.5. The van der Waals surface area contributed by atoms with Gasteiger partial charge in [0.25, 0.3) is 0 Å². The van der Waals surface area contributed by atoms with Gasteiger partial charge in [0, 0.05) is 6.04 Å². The average Bonchev–Trinajstić information content (AvgIpc) is 3.31. The molecule has 1 saturated carbocycles. The van der Waals surface area contributed by atoms with E-state index in [4.69, 9.17) is 0 Å². The molecule has 1 amide bonds. The molecular formula is C19H22N6OS2. The van der Waals surface area contributed by atoms with Crippen molar-refractivity contribution in [1.29, 1.82) is 0 Å². The first kappa shape index (κ1) is 18.9. The molecule has 146 valence electrons. The normalized spacial score (nSPS) is 13.5. The van der Waals surface area contributed by atoms with Crippen LogP contribution in [0.2, 0.25) is 0 Å². The predicted molar refractivity (Wildman–Crippen MR) is 114 cm³/mol. The van der Waals surface area contributed by atoms with Crippen LogP contribution in [0.25, 0.3) is 5.69 Å². The first-order valence-corrected chi connectivity index (χ1v) is 11.0. The minimum Gasteiger partial charge on any atom is -0.357 e. The number of nitrogens with one attached hydrogen (secondary N) is 2. The predicted octanol–water partition coefficient (Wildman–Crippen LogP) is 3.95. The summed E-state index contributed by atoms with van der Waals surface area (Å²) in [5.41, 5.74) is 4.64. The van der Waals surface area contributed by atoms with Crippen molar-refractivity contribution in [3.63, 3.8) is 0 Å². The standard InChI is InChI=1S/C19H22N6OS2/c1-11-4-8-15(9-5-11)25-13(3)17(12(2)24-25)21-16(26)10-27-19-23-22-18(28-19)20-14-6-7-14/h4-5,8-9,14H,6-7,10H2,1-3H3,(H,20,22)(H,21,26). The fourth-order valence-corrected chi connectivity index (χ4v) is 4.42. The Morgan fingerprint density at radius 3 is 2.68 bits per heavy atom. The zero-order valence-corrected chi connectivity index (χ0v) is 17.7. The Balaban J connectivity index is 1.38. The molecule has 2 aromatic heterocycles. The van der Waals surface area contributed by atoms with E-state index in [1.54, 1.807) is 0 Å². The van der Waals surface area contributed by atoms with E-state index in [0.29, 0.717) is 6.04 Å². The van der Waals surface area contributed by atoms with Gasteiger partial charge in [0.1, 0.15) is 0 Å². The topological polar surface area (TPSA) is 84.7 Å². The number of anilines is 2. The highest BCUT2D eigenvalue weighted by molar-refractivity contribution is 8.01. The Labute approximate surface area is 171 Å². The van der Waals surface area contributed by atoms with E-state index in [1.807, 2.05) is 30.7 Å². The Kier molecular flexibility index (Phi) is 5.36. The summed E-state index contributed by atoms with van der Waals surface area (Å²) in [6, 6.07) is 8.70. The van der Waals surface area contributed by atoms with Gasteiger partial charge in [-0.1, -0.05) is 40.8 Å². The summed E-state index contributed by atoms with van der Waals surface area (Å²) in [6.45, 7) is 5.92. The summed E-state index contributed by atoms with van der Waals surface area (Å²) in [6.07, 6.45) is 2.39. The van der Waals surface area contributed by atoms with E-state index in [-0.39, 0.29) is 11.7 Å². The van der Waals surface area contributed by atoms with Crippen molar-refractivity contribution in [3.8, 4) is 5.69 Å². The van der Waals surface area contributed by atoms with E-state index in [2.05, 4.69) is 45.0 Å². The number of carbonyl (C=O) groups excluding carboxylic acids is 1. The highest BCUT2D eigenvalue weighted by Gasteiger charge is 2.22. The minimum atomic E-state index is -0.0773. The van der Waals surface area contributed by atoms with Gasteiger partial charge in [-0.15, -0.1) is 10.2 Å². The number of benzene rings is 1. The maximum atomic E-state index is 12.4. The molecule has 0 bridgehead atoms. The second-order valence-electron chi connectivity index (χ2n) is 6.92. The third-order valence-electron chi connectivity index (χ3n) is 4.47. The summed E-state index contributed by atoms with van der Waals surface area (Å²) in [7, 11) is 0. The number of amides is 1. The fourth-order valence-electron chi connectivity index (χ4n) is 2.79. The van der Waals surface area contributed by atoms with Crippen LogP contribution < -0.4 is 10.6 Å². The molecule has 28 heavy (non-hydrogen) atoms. The Bertz CT molecular complexity index is 991. The van der Waals surface area contributed by atoms with Crippen molar-refractivity contribution in [2.24, 2.45) is 0 Å². The SMILES string of the molecule is Cc1ccc(-n2nc(C)c(NC(=O)CSc3nnc(NC4CC4)s3)c2C)cc1. The Morgan fingerprint density at radius 2 is 1.96 bits per heavy atom. The number of aromatic nitrogens is 4. The lowest BCUT2D eigenvalue weighted by Gasteiger charge is -2.07. The van der Waals surface area contributed by atoms with Crippen LogP contribution in [0, 0.1) is 20.8 Å². The van der Waals surface area contributed by atoms with Crippen molar-refractivity contribution in [2.75, 3.05) is 16.4 Å². The fraction of sp³-hybridized carbons (Fsp3) is 0.368. The average molecular weight is 415 g/mol. The highest BCUT2D eigenvalue weighted by atomic mass is 32.2. The van der Waals surface area contributed by atoms with Crippen molar-refractivity contribution in [3.05, 3.63) is 41.2 Å². The van der Waals surface area contributed by atoms with Crippen LogP contribution in [0.3, 0.4) is 0 Å². The molecule has 9 heteroatoms. The molecule has 3 aromatic rings. The molecule has 0 aliphatic heterocycles. The van der Waals surface area contributed by atoms with Crippen LogP contribution in [0.15, 0.2) is 28.6 Å². The van der Waals surface area contributed by atoms with Crippen molar-refractivity contribution in [2.45, 2.75) is 44.0 Å². The lowest BCUT2D eigenvalue weighted by molar-refractivity contribution is -0.113. The summed E-state index contributed by atoms with van der Waals surface area (Å²) < 4.78 is 2.65. The molecule has 2 N–H and O–H groups in total. The maximum Gasteiger partial charge on any atom is 0.234 e. The summed E-state index contributed by atoms with van der Waals surface area (Å²) in [5, 5.41) is 20.0. The number of rotatable bonds is 7. The molecule has 0 unspecified atom stereocenters. The van der Waals surface area contributed by atoms with Gasteiger partial charge in [-0.25, -0.2) is 4.68 Å². The Morgan fingerprint density at radius 1 is 1.21 bits per heavy atom. The van der Waals surface area contributed by atoms with Gasteiger partial charge < -0.3 is 10.6 Å². The van der Waals surface area contributed by atoms with Crippen LogP contribution in [-0.2, 0) is 4.79 Å². The zero-order chi connectivity index (χ0) is 19.7. The summed E-state index contributed by atoms with van der Waals surface area (Å²) in [4.78, 5) is 12.4. The van der Waals surface area contributed by atoms with E-state index in [9.17, 15) is 4.79 Å². The van der Waals surface area contributed by atoms with Gasteiger partial charge >= 0.3 is 0 Å². The van der Waals surface area contributed by atoms with Crippen LogP contribution in [0.1, 0.15) is 29.8 Å². The van der Waals surface area contributed by atoms with Crippen LogP contribution in [-0.4, -0.2) is 37.7 Å². The van der Waals surface area contributed by atoms with Crippen molar-refractivity contribution in [1.82, 2.24) is 20.0 Å². The minimum absolute atomic E-state index is 0.0773. The molecule has 1 aliphatic rings. The molecule has 0 saturated heterocycles. The molecule has 7 nitrogen and oxygen atoms in total. The van der Waals surface area contributed by atoms with Gasteiger partial charge in [0.15, 0.2) is 4.34 Å². The summed E-state index contributed by atoms with van der Waals surface area (Å²) >= 11 is 2.89. The largest absolute Gasteiger partial charge is 0.357 e. The quantitative estimate of drug-likeness (QED) is 0.570. The van der Waals surface area contributed by atoms with Gasteiger partial charge in [-0.3, -0.25) is 4.79 Å². The van der Waals surface area contributed by atoms with Gasteiger partial charge in [-0.05, 0) is 45.7 Å². The van der Waals surface area contributed by atoms with Gasteiger partial charge in [0.2, 0.25) is 11.0 Å². The number of carbonyl (C=O) groups is 1. The second kappa shape index (κ2) is 7.92. The molecule has 2 heterocycles. The van der Waals surface area contributed by atoms with Gasteiger partial charge in [-0.2, -0.15) is 5.10 Å². The third-order valence-corrected chi connectivity index (χ3v) is 6.46. The molecule has 0 atom stereocenters. The third kappa shape index (κ3) is 4.36. The molecule has 1 fully saturated rings. The molecule has 1 aromatic carbocycles. The number of hydrogen-bond donors (Lipinski definition) is 2. The van der Waals surface area contributed by atoms with Gasteiger partial charge in [0.05, 0.1) is 28.5 Å². The van der Waals surface area contributed by atoms with E-state index in [0.717, 1.165) is 32.2 Å². The lowest BCUT2D eigenvalue weighted by atomic mass is 10.2. The first-order valence-electron chi connectivity index (χ1n) is 9.15. The molecule has 4 rings (SSSR count). The molecular weight excluding hydrogens is 392 g/mol. The Hall–Kier alpha value is -2.39. The number of hydrogen-bond acceptors (Lipinski definition) is 7. The van der Waals surface area contributed by atoms with E-state index >= 15 is 0 Å². The number of aryl methyl sites for hydroxylation is 2. The smallest absolute Gasteiger partial charge is 0.234 e. The van der Waals surface area contributed by atoms with Crippen LogP contribution in [0.4, 0.5) is 10.8 Å². The number of thioether (sulfide) groups is 1. The highest BCUT2D eigenvalue weighted by Crippen LogP contribution is 2.30. The van der Waals surface area contributed by atoms with E-state index < -0.39 is 0 Å². The summed E-state index contributed by atoms with van der Waals surface area (Å²) in [5.74, 6) is 0.207.